The van der Waals surface area contributed by atoms with Crippen LogP contribution in [0.4, 0.5) is 5.69 Å². The summed E-state index contributed by atoms with van der Waals surface area (Å²) in [6.45, 7) is 4.76. The van der Waals surface area contributed by atoms with Gasteiger partial charge in [0, 0.05) is 19.8 Å². The molecule has 30 heavy (non-hydrogen) atoms. The number of benzene rings is 2. The van der Waals surface area contributed by atoms with Crippen molar-refractivity contribution in [1.29, 1.82) is 0 Å². The quantitative estimate of drug-likeness (QED) is 0.440. The molecule has 1 heterocycles. The number of carbonyl (C=O) groups is 1. The normalized spacial score (nSPS) is 18.0. The summed E-state index contributed by atoms with van der Waals surface area (Å²) in [5, 5.41) is 9.35. The van der Waals surface area contributed by atoms with Crippen molar-refractivity contribution in [2.75, 3.05) is 19.0 Å². The van der Waals surface area contributed by atoms with Gasteiger partial charge in [-0.05, 0) is 42.2 Å². The van der Waals surface area contributed by atoms with E-state index in [2.05, 4.69) is 41.1 Å². The summed E-state index contributed by atoms with van der Waals surface area (Å²) in [6, 6.07) is 16.3. The van der Waals surface area contributed by atoms with E-state index in [4.69, 9.17) is 0 Å². The molecule has 2 aromatic carbocycles. The Morgan fingerprint density at radius 1 is 1.13 bits per heavy atom. The van der Waals surface area contributed by atoms with Crippen LogP contribution in [0.3, 0.4) is 0 Å². The van der Waals surface area contributed by atoms with Crippen molar-refractivity contribution in [3.05, 3.63) is 65.2 Å². The summed E-state index contributed by atoms with van der Waals surface area (Å²) in [4.78, 5) is 16.9. The number of thioether (sulfide) groups is 1. The third-order valence-corrected chi connectivity index (χ3v) is 6.42. The Bertz CT molecular complexity index is 921. The van der Waals surface area contributed by atoms with Crippen LogP contribution in [0.15, 0.2) is 58.7 Å². The number of anilines is 1. The molecule has 5 nitrogen and oxygen atoms in total. The molecule has 1 amide bonds. The lowest BCUT2D eigenvalue weighted by Gasteiger charge is -2.17. The molecule has 1 atom stereocenters. The predicted octanol–water partition coefficient (Wildman–Crippen LogP) is 5.09. The van der Waals surface area contributed by atoms with Gasteiger partial charge < -0.3 is 4.90 Å². The molecule has 0 spiro atoms. The van der Waals surface area contributed by atoms with Crippen molar-refractivity contribution in [3.63, 3.8) is 0 Å². The molecule has 0 bridgehead atoms. The molecule has 2 aromatic rings. The van der Waals surface area contributed by atoms with Gasteiger partial charge >= 0.3 is 0 Å². The minimum absolute atomic E-state index is 0.0673. The van der Waals surface area contributed by atoms with Crippen molar-refractivity contribution in [2.24, 2.45) is 10.2 Å². The van der Waals surface area contributed by atoms with Gasteiger partial charge in [0.2, 0.25) is 5.91 Å². The molecule has 1 fully saturated rings. The molecular weight excluding hydrogens is 392 g/mol. The Morgan fingerprint density at radius 3 is 2.53 bits per heavy atom. The van der Waals surface area contributed by atoms with Crippen molar-refractivity contribution >= 4 is 34.7 Å². The summed E-state index contributed by atoms with van der Waals surface area (Å²) in [7, 11) is 4.03. The molecule has 0 aromatic heterocycles. The highest BCUT2D eigenvalue weighted by atomic mass is 32.2. The Hall–Kier alpha value is -2.60. The smallest absolute Gasteiger partial charge is 0.242 e. The number of hydrogen-bond acceptors (Lipinski definition) is 5. The monoisotopic (exact) mass is 422 g/mol. The van der Waals surface area contributed by atoms with Gasteiger partial charge in [-0.1, -0.05) is 67.9 Å². The summed E-state index contributed by atoms with van der Waals surface area (Å²) >= 11 is 1.54. The number of hydrogen-bond donors (Lipinski definition) is 0. The summed E-state index contributed by atoms with van der Waals surface area (Å²) in [5.41, 5.74) is 4.43. The maximum absolute atomic E-state index is 13.0. The first-order valence-corrected chi connectivity index (χ1v) is 11.3. The van der Waals surface area contributed by atoms with Crippen LogP contribution in [-0.4, -0.2) is 41.5 Å². The topological polar surface area (TPSA) is 48.3 Å². The summed E-state index contributed by atoms with van der Waals surface area (Å²) in [6.07, 6.45) is 4.73. The van der Waals surface area contributed by atoms with Crippen LogP contribution in [0, 0.1) is 6.92 Å². The minimum Gasteiger partial charge on any atom is -0.378 e. The van der Waals surface area contributed by atoms with Crippen LogP contribution < -0.4 is 4.90 Å². The van der Waals surface area contributed by atoms with Gasteiger partial charge in [0.05, 0.1) is 18.0 Å². The van der Waals surface area contributed by atoms with E-state index >= 15 is 0 Å². The fourth-order valence-electron chi connectivity index (χ4n) is 3.27. The van der Waals surface area contributed by atoms with Gasteiger partial charge in [-0.3, -0.25) is 9.69 Å². The number of rotatable bonds is 8. The first-order valence-electron chi connectivity index (χ1n) is 10.4. The average Bonchev–Trinajstić information content (AvgIpc) is 3.03. The maximum Gasteiger partial charge on any atom is 0.242 e. The van der Waals surface area contributed by atoms with Gasteiger partial charge in [-0.15, -0.1) is 5.10 Å². The molecule has 0 aliphatic carbocycles. The molecule has 0 unspecified atom stereocenters. The van der Waals surface area contributed by atoms with E-state index in [1.54, 1.807) is 11.1 Å². The Balaban J connectivity index is 1.79. The van der Waals surface area contributed by atoms with Gasteiger partial charge in [0.15, 0.2) is 5.17 Å². The largest absolute Gasteiger partial charge is 0.378 e. The Labute approximate surface area is 183 Å². The third-order valence-electron chi connectivity index (χ3n) is 5.19. The third kappa shape index (κ3) is 5.51. The number of carbonyl (C=O) groups excluding carboxylic acids is 1. The van der Waals surface area contributed by atoms with Gasteiger partial charge in [-0.2, -0.15) is 5.10 Å². The van der Waals surface area contributed by atoms with Crippen LogP contribution in [0.1, 0.15) is 42.9 Å². The standard InChI is InChI=1S/C24H30N4OS/c1-5-6-11-22-23(29)28(17-20-10-8-7-9-18(20)2)24(30-22)26-25-16-19-12-14-21(15-13-19)27(3)4/h7-10,12-16,22H,5-6,11,17H2,1-4H3/b25-16-,26-24+/t22-/m1/s1. The van der Waals surface area contributed by atoms with Crippen LogP contribution in [0.2, 0.25) is 0 Å². The second kappa shape index (κ2) is 10.4. The second-order valence-electron chi connectivity index (χ2n) is 7.71. The molecule has 1 aliphatic rings. The number of unbranched alkanes of at least 4 members (excludes halogenated alkanes) is 1. The lowest BCUT2D eigenvalue weighted by molar-refractivity contribution is -0.126. The predicted molar refractivity (Wildman–Crippen MR) is 128 cm³/mol. The first-order chi connectivity index (χ1) is 14.5. The average molecular weight is 423 g/mol. The zero-order valence-electron chi connectivity index (χ0n) is 18.2. The lowest BCUT2D eigenvalue weighted by atomic mass is 10.1. The van der Waals surface area contributed by atoms with Crippen molar-refractivity contribution in [2.45, 2.75) is 44.9 Å². The van der Waals surface area contributed by atoms with Crippen LogP contribution in [0.5, 0.6) is 0 Å². The highest BCUT2D eigenvalue weighted by molar-refractivity contribution is 8.15. The summed E-state index contributed by atoms with van der Waals surface area (Å²) < 4.78 is 0. The Morgan fingerprint density at radius 2 is 1.87 bits per heavy atom. The number of amides is 1. The molecule has 0 saturated carbocycles. The van der Waals surface area contributed by atoms with Gasteiger partial charge in [0.25, 0.3) is 0 Å². The van der Waals surface area contributed by atoms with Gasteiger partial charge in [0.1, 0.15) is 0 Å². The molecule has 3 rings (SSSR count). The van der Waals surface area contributed by atoms with E-state index in [-0.39, 0.29) is 11.2 Å². The molecule has 1 aliphatic heterocycles. The van der Waals surface area contributed by atoms with E-state index in [9.17, 15) is 4.79 Å². The zero-order valence-corrected chi connectivity index (χ0v) is 19.0. The van der Waals surface area contributed by atoms with Gasteiger partial charge in [-0.25, -0.2) is 0 Å². The lowest BCUT2D eigenvalue weighted by Crippen LogP contribution is -2.31. The van der Waals surface area contributed by atoms with Crippen LogP contribution >= 0.6 is 11.8 Å². The highest BCUT2D eigenvalue weighted by Crippen LogP contribution is 2.32. The first kappa shape index (κ1) is 22.1. The van der Waals surface area contributed by atoms with E-state index in [1.807, 2.05) is 50.5 Å². The van der Waals surface area contributed by atoms with Crippen molar-refractivity contribution < 1.29 is 4.79 Å². The SMILES string of the molecule is CCCC[C@H]1S/C(=N/N=C\c2ccc(N(C)C)cc2)N(Cc2ccccc2C)C1=O. The summed E-state index contributed by atoms with van der Waals surface area (Å²) in [5.74, 6) is 0.140. The molecule has 1 saturated heterocycles. The molecular formula is C24H30N4OS. The molecule has 0 N–H and O–H groups in total. The van der Waals surface area contributed by atoms with Crippen molar-refractivity contribution in [1.82, 2.24) is 4.90 Å². The fourth-order valence-corrected chi connectivity index (χ4v) is 4.41. The Kier molecular flexibility index (Phi) is 7.69. The number of amidine groups is 1. The van der Waals surface area contributed by atoms with Crippen LogP contribution in [-0.2, 0) is 11.3 Å². The fraction of sp³-hybridized carbons (Fsp3) is 0.375. The maximum atomic E-state index is 13.0. The van der Waals surface area contributed by atoms with Crippen LogP contribution in [0.25, 0.3) is 0 Å². The number of nitrogens with zero attached hydrogens (tertiary/aromatic N) is 4. The van der Waals surface area contributed by atoms with E-state index in [0.29, 0.717) is 11.7 Å². The highest BCUT2D eigenvalue weighted by Gasteiger charge is 2.37. The second-order valence-corrected chi connectivity index (χ2v) is 8.88. The molecule has 6 heteroatoms. The van der Waals surface area contributed by atoms with E-state index in [0.717, 1.165) is 36.1 Å². The molecule has 158 valence electrons. The molecule has 0 radical (unpaired) electrons. The van der Waals surface area contributed by atoms with E-state index < -0.39 is 0 Å². The van der Waals surface area contributed by atoms with Crippen molar-refractivity contribution in [3.8, 4) is 0 Å². The minimum atomic E-state index is -0.0673. The zero-order chi connectivity index (χ0) is 21.5. The van der Waals surface area contributed by atoms with E-state index in [1.165, 1.54) is 17.3 Å². The number of aryl methyl sites for hydroxylation is 1.